The SMILES string of the molecule is CCN(CC)c1ccc(C=Cc2cc(-c3ccc(N(CC)CC)cc3)n(-c3ccccc3)n2)cc1.c1ccc2ncccc2c1. The molecular weight excluding hydrogens is 550 g/mol. The van der Waals surface area contributed by atoms with Gasteiger partial charge in [-0.1, -0.05) is 72.8 Å². The minimum atomic E-state index is 0.935. The molecule has 6 aromatic rings. The summed E-state index contributed by atoms with van der Waals surface area (Å²) in [5, 5.41) is 6.14. The molecule has 0 aliphatic heterocycles. The molecule has 0 N–H and O–H groups in total. The summed E-state index contributed by atoms with van der Waals surface area (Å²) in [6, 6.07) is 42.1. The van der Waals surface area contributed by atoms with Gasteiger partial charge in [0.1, 0.15) is 0 Å². The van der Waals surface area contributed by atoms with E-state index in [0.29, 0.717) is 0 Å². The van der Waals surface area contributed by atoms with Gasteiger partial charge < -0.3 is 9.80 Å². The van der Waals surface area contributed by atoms with E-state index in [1.807, 2.05) is 41.2 Å². The van der Waals surface area contributed by atoms with Crippen molar-refractivity contribution in [2.75, 3.05) is 36.0 Å². The molecular formula is C40H43N5. The van der Waals surface area contributed by atoms with Gasteiger partial charge >= 0.3 is 0 Å². The number of nitrogens with zero attached hydrogens (tertiary/aromatic N) is 5. The Bertz CT molecular complexity index is 1710. The molecule has 0 bridgehead atoms. The molecule has 0 fully saturated rings. The molecule has 5 nitrogen and oxygen atoms in total. The summed E-state index contributed by atoms with van der Waals surface area (Å²) >= 11 is 0. The second-order valence-corrected chi connectivity index (χ2v) is 10.7. The lowest BCUT2D eigenvalue weighted by Crippen LogP contribution is -2.21. The van der Waals surface area contributed by atoms with Crippen molar-refractivity contribution in [3.8, 4) is 16.9 Å². The van der Waals surface area contributed by atoms with Gasteiger partial charge in [-0.05, 0) is 93.9 Å². The van der Waals surface area contributed by atoms with Crippen LogP contribution in [0.1, 0.15) is 39.0 Å². The Morgan fingerprint density at radius 1 is 0.600 bits per heavy atom. The van der Waals surface area contributed by atoms with E-state index in [-0.39, 0.29) is 0 Å². The van der Waals surface area contributed by atoms with Crippen LogP contribution in [0.15, 0.2) is 128 Å². The van der Waals surface area contributed by atoms with Gasteiger partial charge in [-0.3, -0.25) is 4.98 Å². The number of rotatable bonds is 10. The molecule has 0 saturated heterocycles. The maximum absolute atomic E-state index is 4.95. The fourth-order valence-corrected chi connectivity index (χ4v) is 5.47. The van der Waals surface area contributed by atoms with Gasteiger partial charge in [0.05, 0.1) is 22.6 Å². The number of anilines is 2. The number of hydrogen-bond acceptors (Lipinski definition) is 4. The van der Waals surface area contributed by atoms with E-state index in [1.165, 1.54) is 22.3 Å². The number of para-hydroxylation sites is 2. The smallest absolute Gasteiger partial charge is 0.0862 e. The van der Waals surface area contributed by atoms with Crippen molar-refractivity contribution >= 4 is 34.4 Å². The van der Waals surface area contributed by atoms with Crippen LogP contribution in [0.3, 0.4) is 0 Å². The highest BCUT2D eigenvalue weighted by molar-refractivity contribution is 5.78. The Balaban J connectivity index is 0.000000336. The van der Waals surface area contributed by atoms with Crippen molar-refractivity contribution in [3.05, 3.63) is 139 Å². The van der Waals surface area contributed by atoms with Gasteiger partial charge in [0, 0.05) is 54.7 Å². The third-order valence-electron chi connectivity index (χ3n) is 8.00. The Morgan fingerprint density at radius 2 is 1.18 bits per heavy atom. The number of pyridine rings is 1. The number of benzene rings is 4. The van der Waals surface area contributed by atoms with Gasteiger partial charge in [0.2, 0.25) is 0 Å². The highest BCUT2D eigenvalue weighted by Crippen LogP contribution is 2.27. The summed E-state index contributed by atoms with van der Waals surface area (Å²) in [6.07, 6.45) is 6.04. The minimum Gasteiger partial charge on any atom is -0.372 e. The van der Waals surface area contributed by atoms with Crippen LogP contribution in [-0.2, 0) is 0 Å². The van der Waals surface area contributed by atoms with Crippen LogP contribution in [0, 0.1) is 0 Å². The molecule has 228 valence electrons. The Kier molecular flexibility index (Phi) is 10.8. The molecule has 5 heteroatoms. The van der Waals surface area contributed by atoms with Crippen LogP contribution in [0.5, 0.6) is 0 Å². The van der Waals surface area contributed by atoms with E-state index >= 15 is 0 Å². The van der Waals surface area contributed by atoms with E-state index in [2.05, 4.69) is 146 Å². The Hall–Kier alpha value is -5.16. The molecule has 6 rings (SSSR count). The first-order chi connectivity index (χ1) is 22.1. The average Bonchev–Trinajstić information content (AvgIpc) is 3.54. The highest BCUT2D eigenvalue weighted by Gasteiger charge is 2.12. The molecule has 0 unspecified atom stereocenters. The fourth-order valence-electron chi connectivity index (χ4n) is 5.47. The number of fused-ring (bicyclic) bond motifs is 1. The molecule has 0 amide bonds. The quantitative estimate of drug-likeness (QED) is 0.158. The van der Waals surface area contributed by atoms with Gasteiger partial charge in [-0.2, -0.15) is 5.10 Å². The van der Waals surface area contributed by atoms with Crippen molar-refractivity contribution in [1.82, 2.24) is 14.8 Å². The molecule has 0 saturated carbocycles. The number of hydrogen-bond donors (Lipinski definition) is 0. The number of aromatic nitrogens is 3. The van der Waals surface area contributed by atoms with Gasteiger partial charge in [0.15, 0.2) is 0 Å². The second-order valence-electron chi connectivity index (χ2n) is 10.7. The molecule has 0 aliphatic carbocycles. The maximum Gasteiger partial charge on any atom is 0.0862 e. The van der Waals surface area contributed by atoms with E-state index in [4.69, 9.17) is 5.10 Å². The van der Waals surface area contributed by atoms with Crippen LogP contribution in [-0.4, -0.2) is 40.9 Å². The lowest BCUT2D eigenvalue weighted by molar-refractivity contribution is 0.865. The predicted octanol–water partition coefficient (Wildman–Crippen LogP) is 9.64. The summed E-state index contributed by atoms with van der Waals surface area (Å²) < 4.78 is 2.04. The second kappa shape index (κ2) is 15.5. The van der Waals surface area contributed by atoms with Crippen LogP contribution in [0.2, 0.25) is 0 Å². The van der Waals surface area contributed by atoms with E-state index < -0.39 is 0 Å². The van der Waals surface area contributed by atoms with Crippen molar-refractivity contribution < 1.29 is 0 Å². The summed E-state index contributed by atoms with van der Waals surface area (Å²) in [5.74, 6) is 0. The molecule has 0 radical (unpaired) electrons. The van der Waals surface area contributed by atoms with Crippen LogP contribution >= 0.6 is 0 Å². The molecule has 2 heterocycles. The largest absolute Gasteiger partial charge is 0.372 e. The van der Waals surface area contributed by atoms with Gasteiger partial charge in [-0.15, -0.1) is 0 Å². The van der Waals surface area contributed by atoms with Crippen LogP contribution < -0.4 is 9.80 Å². The fraction of sp³-hybridized carbons (Fsp3) is 0.200. The summed E-state index contributed by atoms with van der Waals surface area (Å²) in [7, 11) is 0. The standard InChI is InChI=1S/C31H36N4.C9H7N/c1-5-33(6-2)28-20-15-25(16-21-28)14-19-27-24-31(35(32-27)30-12-10-9-11-13-30)26-17-22-29(23-18-26)34(7-3)8-4;1-2-6-9-8(4-1)5-3-7-10-9/h9-24H,5-8H2,1-4H3;1-7H. The summed E-state index contributed by atoms with van der Waals surface area (Å²) in [6.45, 7) is 12.8. The topological polar surface area (TPSA) is 37.2 Å². The average molecular weight is 594 g/mol. The molecule has 2 aromatic heterocycles. The summed E-state index contributed by atoms with van der Waals surface area (Å²) in [5.41, 5.74) is 8.96. The monoisotopic (exact) mass is 593 g/mol. The lowest BCUT2D eigenvalue weighted by Gasteiger charge is -2.21. The van der Waals surface area contributed by atoms with Crippen LogP contribution in [0.4, 0.5) is 11.4 Å². The third-order valence-corrected chi connectivity index (χ3v) is 8.00. The normalized spacial score (nSPS) is 10.9. The van der Waals surface area contributed by atoms with Crippen molar-refractivity contribution in [1.29, 1.82) is 0 Å². The maximum atomic E-state index is 4.95. The molecule has 0 atom stereocenters. The zero-order valence-electron chi connectivity index (χ0n) is 26.8. The Labute approximate surface area is 268 Å². The lowest BCUT2D eigenvalue weighted by atomic mass is 10.1. The summed E-state index contributed by atoms with van der Waals surface area (Å²) in [4.78, 5) is 8.89. The molecule has 45 heavy (non-hydrogen) atoms. The molecule has 0 aliphatic rings. The van der Waals surface area contributed by atoms with E-state index in [0.717, 1.165) is 54.3 Å². The predicted molar refractivity (Wildman–Crippen MR) is 193 cm³/mol. The molecule has 0 spiro atoms. The first-order valence-electron chi connectivity index (χ1n) is 16.0. The minimum absolute atomic E-state index is 0.935. The first-order valence-corrected chi connectivity index (χ1v) is 16.0. The zero-order chi connectivity index (χ0) is 31.4. The first kappa shape index (κ1) is 31.3. The molecule has 4 aromatic carbocycles. The van der Waals surface area contributed by atoms with Crippen molar-refractivity contribution in [3.63, 3.8) is 0 Å². The Morgan fingerprint density at radius 3 is 1.80 bits per heavy atom. The third kappa shape index (κ3) is 7.87. The highest BCUT2D eigenvalue weighted by atomic mass is 15.3. The van der Waals surface area contributed by atoms with Gasteiger partial charge in [-0.25, -0.2) is 4.68 Å². The van der Waals surface area contributed by atoms with Gasteiger partial charge in [0.25, 0.3) is 0 Å². The van der Waals surface area contributed by atoms with E-state index in [9.17, 15) is 0 Å². The zero-order valence-corrected chi connectivity index (χ0v) is 26.8. The van der Waals surface area contributed by atoms with Crippen LogP contribution in [0.25, 0.3) is 40.0 Å². The van der Waals surface area contributed by atoms with Crippen molar-refractivity contribution in [2.45, 2.75) is 27.7 Å². The van der Waals surface area contributed by atoms with E-state index in [1.54, 1.807) is 0 Å². The van der Waals surface area contributed by atoms with Crippen molar-refractivity contribution in [2.24, 2.45) is 0 Å².